The van der Waals surface area contributed by atoms with Gasteiger partial charge in [-0.05, 0) is 78.4 Å². The van der Waals surface area contributed by atoms with Crippen molar-refractivity contribution in [3.05, 3.63) is 78.5 Å². The number of fused-ring (bicyclic) bond motifs is 2. The molecule has 4 amide bonds. The summed E-state index contributed by atoms with van der Waals surface area (Å²) in [5, 5.41) is 20.5. The Balaban J connectivity index is 0.000000783. The van der Waals surface area contributed by atoms with Gasteiger partial charge < -0.3 is 26.8 Å². The maximum absolute atomic E-state index is 13.3. The third kappa shape index (κ3) is 13.0. The highest BCUT2D eigenvalue weighted by Crippen LogP contribution is 2.38. The predicted molar refractivity (Wildman–Crippen MR) is 203 cm³/mol. The molecule has 2 fully saturated rings. The van der Waals surface area contributed by atoms with Crippen LogP contribution in [-0.4, -0.2) is 81.5 Å². The monoisotopic (exact) mass is 702 g/mol. The van der Waals surface area contributed by atoms with Gasteiger partial charge in [-0.2, -0.15) is 0 Å². The molecular weight excluding hydrogens is 644 g/mol. The average molecular weight is 703 g/mol. The van der Waals surface area contributed by atoms with Crippen molar-refractivity contribution in [2.75, 3.05) is 13.1 Å². The molecule has 1 aliphatic heterocycles. The van der Waals surface area contributed by atoms with Crippen molar-refractivity contribution in [2.24, 2.45) is 17.6 Å². The quantitative estimate of drug-likeness (QED) is 0.202. The van der Waals surface area contributed by atoms with Crippen LogP contribution < -0.4 is 21.7 Å². The highest BCUT2D eigenvalue weighted by molar-refractivity contribution is 5.99. The molecular formula is C40H58N6O5. The molecule has 1 saturated heterocycles. The molecule has 2 aliphatic rings. The average Bonchev–Trinajstić information content (AvgIpc) is 3.08. The van der Waals surface area contributed by atoms with Crippen LogP contribution in [0.2, 0.25) is 0 Å². The number of piperidine rings is 1. The van der Waals surface area contributed by atoms with Gasteiger partial charge >= 0.3 is 0 Å². The standard InChI is InChI=1S/C32H46N6O5.C8H12/c1-19(27(39)18-38-17-22-11-6-5-10-21(22)15-26(38)31(43)37-32(2,3)4)34-30(42)25(16-28(33)40)36-29(41)24-14-13-20-9-7-8-12-23(20)35-24;1-4-6-7-8(3)5-2/h7-9,12-14,19,21-22,25-27,39H,5-6,10-11,15-18H2,1-4H3,(H2,33,40)(H,34,42)(H,36,41)(H,37,43);4-7H,2H2,1,3H3/b;6-4-,8-7-/t19-,21-,22+,25-,26-,27+;/m0./s1. The van der Waals surface area contributed by atoms with Crippen LogP contribution in [0.1, 0.15) is 90.6 Å². The number of β-amino-alcohol motifs (C(OH)–C–C–N with tert-alkyl or cyclic N) is 1. The number of allylic oxidation sites excluding steroid dienone is 5. The van der Waals surface area contributed by atoms with Crippen LogP contribution in [0.25, 0.3) is 10.9 Å². The molecule has 1 aromatic carbocycles. The van der Waals surface area contributed by atoms with Crippen LogP contribution in [0.3, 0.4) is 0 Å². The number of aromatic nitrogens is 1. The number of carbonyl (C=O) groups excluding carboxylic acids is 4. The van der Waals surface area contributed by atoms with Gasteiger partial charge in [0.1, 0.15) is 11.7 Å². The van der Waals surface area contributed by atoms with Crippen molar-refractivity contribution in [2.45, 2.75) is 110 Å². The minimum atomic E-state index is -1.25. The van der Waals surface area contributed by atoms with E-state index in [0.29, 0.717) is 23.9 Å². The second-order valence-corrected chi connectivity index (χ2v) is 14.8. The lowest BCUT2D eigenvalue weighted by molar-refractivity contribution is -0.133. The van der Waals surface area contributed by atoms with E-state index in [-0.39, 0.29) is 29.7 Å². The van der Waals surface area contributed by atoms with Gasteiger partial charge in [-0.3, -0.25) is 24.1 Å². The topological polar surface area (TPSA) is 167 Å². The maximum Gasteiger partial charge on any atom is 0.270 e. The number of primary amides is 1. The van der Waals surface area contributed by atoms with Gasteiger partial charge in [-0.25, -0.2) is 4.98 Å². The fourth-order valence-electron chi connectivity index (χ4n) is 6.60. The van der Waals surface area contributed by atoms with E-state index < -0.39 is 42.3 Å². The number of aliphatic hydroxyl groups excluding tert-OH is 1. The Hall–Kier alpha value is -4.35. The van der Waals surface area contributed by atoms with E-state index >= 15 is 0 Å². The molecule has 51 heavy (non-hydrogen) atoms. The zero-order chi connectivity index (χ0) is 37.7. The van der Waals surface area contributed by atoms with Crippen molar-refractivity contribution in [3.8, 4) is 0 Å². The van der Waals surface area contributed by atoms with Crippen molar-refractivity contribution in [1.29, 1.82) is 0 Å². The van der Waals surface area contributed by atoms with Crippen LogP contribution in [0, 0.1) is 11.8 Å². The Labute approximate surface area is 303 Å². The third-order valence-electron chi connectivity index (χ3n) is 9.40. The molecule has 1 aliphatic carbocycles. The fourth-order valence-corrected chi connectivity index (χ4v) is 6.60. The molecule has 0 radical (unpaired) electrons. The summed E-state index contributed by atoms with van der Waals surface area (Å²) in [7, 11) is 0. The van der Waals surface area contributed by atoms with E-state index in [1.807, 2.05) is 77.1 Å². The van der Waals surface area contributed by atoms with Crippen LogP contribution >= 0.6 is 0 Å². The smallest absolute Gasteiger partial charge is 0.270 e. The van der Waals surface area contributed by atoms with Crippen LogP contribution in [0.4, 0.5) is 0 Å². The second-order valence-electron chi connectivity index (χ2n) is 14.8. The Morgan fingerprint density at radius 1 is 1.08 bits per heavy atom. The molecule has 0 spiro atoms. The van der Waals surface area contributed by atoms with Gasteiger partial charge in [0, 0.05) is 24.0 Å². The van der Waals surface area contributed by atoms with Gasteiger partial charge in [0.05, 0.1) is 30.1 Å². The molecule has 6 atom stereocenters. The van der Waals surface area contributed by atoms with Crippen LogP contribution in [-0.2, 0) is 14.4 Å². The van der Waals surface area contributed by atoms with E-state index in [4.69, 9.17) is 5.73 Å². The van der Waals surface area contributed by atoms with Gasteiger partial charge in [0.2, 0.25) is 17.7 Å². The Morgan fingerprint density at radius 3 is 2.41 bits per heavy atom. The van der Waals surface area contributed by atoms with Gasteiger partial charge in [-0.15, -0.1) is 0 Å². The molecule has 0 bridgehead atoms. The largest absolute Gasteiger partial charge is 0.390 e. The number of nitrogens with one attached hydrogen (secondary N) is 3. The lowest BCUT2D eigenvalue weighted by atomic mass is 9.72. The predicted octanol–water partition coefficient (Wildman–Crippen LogP) is 4.56. The first-order chi connectivity index (χ1) is 24.1. The first-order valence-corrected chi connectivity index (χ1v) is 18.0. The first kappa shape index (κ1) is 41.1. The molecule has 1 saturated carbocycles. The number of likely N-dealkylation sites (tertiary alicyclic amines) is 1. The molecule has 2 heterocycles. The lowest BCUT2D eigenvalue weighted by Crippen LogP contribution is -2.60. The van der Waals surface area contributed by atoms with Crippen molar-refractivity contribution >= 4 is 34.5 Å². The molecule has 278 valence electrons. The third-order valence-corrected chi connectivity index (χ3v) is 9.40. The molecule has 0 unspecified atom stereocenters. The van der Waals surface area contributed by atoms with E-state index in [2.05, 4.69) is 32.4 Å². The molecule has 2 aromatic rings. The van der Waals surface area contributed by atoms with Crippen LogP contribution in [0.5, 0.6) is 0 Å². The summed E-state index contributed by atoms with van der Waals surface area (Å²) in [6, 6.07) is 8.27. The van der Waals surface area contributed by atoms with Crippen molar-refractivity contribution < 1.29 is 24.3 Å². The number of pyridine rings is 1. The SMILES string of the molecule is C=C/C(C)=C\C=C/C.C[C@H](NC(=O)[C@H](CC(N)=O)NC(=O)c1ccc2ccccc2n1)[C@H](O)CN1C[C@H]2CCCC[C@H]2C[C@H]1C(=O)NC(C)(C)C. The number of carbonyl (C=O) groups is 4. The number of aliphatic hydroxyl groups is 1. The first-order valence-electron chi connectivity index (χ1n) is 18.0. The lowest BCUT2D eigenvalue weighted by Gasteiger charge is -2.47. The minimum Gasteiger partial charge on any atom is -0.390 e. The van der Waals surface area contributed by atoms with E-state index in [9.17, 15) is 24.3 Å². The van der Waals surface area contributed by atoms with Gasteiger partial charge in [-0.1, -0.05) is 80.0 Å². The number of nitrogens with two attached hydrogens (primary N) is 1. The number of para-hydroxylation sites is 1. The zero-order valence-electron chi connectivity index (χ0n) is 31.2. The number of benzene rings is 1. The van der Waals surface area contributed by atoms with Gasteiger partial charge in [0.15, 0.2) is 0 Å². The van der Waals surface area contributed by atoms with Crippen LogP contribution in [0.15, 0.2) is 72.9 Å². The van der Waals surface area contributed by atoms with Crippen molar-refractivity contribution in [1.82, 2.24) is 25.8 Å². The number of amides is 4. The highest BCUT2D eigenvalue weighted by atomic mass is 16.3. The molecule has 1 aromatic heterocycles. The Morgan fingerprint density at radius 2 is 1.76 bits per heavy atom. The highest BCUT2D eigenvalue weighted by Gasteiger charge is 2.41. The summed E-state index contributed by atoms with van der Waals surface area (Å²) in [4.78, 5) is 57.7. The number of hydrogen-bond acceptors (Lipinski definition) is 7. The summed E-state index contributed by atoms with van der Waals surface area (Å²) in [6.45, 7) is 16.0. The van der Waals surface area contributed by atoms with E-state index in [0.717, 1.165) is 24.6 Å². The molecule has 11 nitrogen and oxygen atoms in total. The summed E-state index contributed by atoms with van der Waals surface area (Å²) in [6.07, 6.45) is 11.8. The minimum absolute atomic E-state index is 0.0491. The van der Waals surface area contributed by atoms with E-state index in [1.165, 1.54) is 18.4 Å². The summed E-state index contributed by atoms with van der Waals surface area (Å²) >= 11 is 0. The Bertz CT molecular complexity index is 1580. The Kier molecular flexibility index (Phi) is 15.6. The molecule has 11 heteroatoms. The second kappa shape index (κ2) is 19.3. The fraction of sp³-hybridized carbons (Fsp3) is 0.525. The molecule has 4 rings (SSSR count). The maximum atomic E-state index is 13.3. The summed E-state index contributed by atoms with van der Waals surface area (Å²) in [5.74, 6) is -1.11. The molecule has 6 N–H and O–H groups in total. The number of rotatable bonds is 12. The summed E-state index contributed by atoms with van der Waals surface area (Å²) in [5.41, 5.74) is 6.93. The number of nitrogens with zero attached hydrogens (tertiary/aromatic N) is 2. The number of hydrogen-bond donors (Lipinski definition) is 5. The normalized spacial score (nSPS) is 21.3. The van der Waals surface area contributed by atoms with E-state index in [1.54, 1.807) is 25.1 Å². The van der Waals surface area contributed by atoms with Gasteiger partial charge in [0.25, 0.3) is 5.91 Å². The summed E-state index contributed by atoms with van der Waals surface area (Å²) < 4.78 is 0. The zero-order valence-corrected chi connectivity index (χ0v) is 31.2. The van der Waals surface area contributed by atoms with Crippen molar-refractivity contribution in [3.63, 3.8) is 0 Å².